The largest absolute Gasteiger partial charge is 0.396 e. The Morgan fingerprint density at radius 3 is 2.91 bits per heavy atom. The molecule has 3 heterocycles. The summed E-state index contributed by atoms with van der Waals surface area (Å²) in [6, 6.07) is 1.54. The van der Waals surface area contributed by atoms with Crippen LogP contribution in [0.15, 0.2) is 23.3 Å². The molecule has 7 nitrogen and oxygen atoms in total. The van der Waals surface area contributed by atoms with Crippen LogP contribution < -0.4 is 5.56 Å². The van der Waals surface area contributed by atoms with E-state index in [9.17, 15) is 9.90 Å². The maximum absolute atomic E-state index is 11.7. The van der Waals surface area contributed by atoms with Crippen molar-refractivity contribution < 1.29 is 5.11 Å². The molecule has 1 fully saturated rings. The minimum absolute atomic E-state index is 0.103. The van der Waals surface area contributed by atoms with Crippen LogP contribution in [0.4, 0.5) is 0 Å². The fraction of sp³-hybridized carbons (Fsp3) is 0.562. The Kier molecular flexibility index (Phi) is 4.58. The van der Waals surface area contributed by atoms with E-state index in [1.807, 2.05) is 26.4 Å². The number of aromatic amines is 1. The third kappa shape index (κ3) is 3.51. The molecule has 0 saturated carbocycles. The Bertz CT molecular complexity index is 723. The quantitative estimate of drug-likeness (QED) is 0.827. The molecule has 0 aromatic carbocycles. The smallest absolute Gasteiger partial charge is 0.251 e. The van der Waals surface area contributed by atoms with Crippen molar-refractivity contribution >= 4 is 0 Å². The lowest BCUT2D eigenvalue weighted by Gasteiger charge is -2.15. The summed E-state index contributed by atoms with van der Waals surface area (Å²) in [5.74, 6) is 1.13. The molecule has 124 valence electrons. The number of nitrogens with zero attached hydrogens (tertiary/aromatic N) is 4. The second-order valence-electron chi connectivity index (χ2n) is 6.23. The highest BCUT2D eigenvalue weighted by Gasteiger charge is 2.34. The first kappa shape index (κ1) is 15.9. The number of rotatable bonds is 5. The van der Waals surface area contributed by atoms with Gasteiger partial charge in [-0.3, -0.25) is 14.4 Å². The van der Waals surface area contributed by atoms with E-state index in [1.165, 1.54) is 0 Å². The summed E-state index contributed by atoms with van der Waals surface area (Å²) in [6.07, 6.45) is 4.62. The third-order valence-corrected chi connectivity index (χ3v) is 4.48. The lowest BCUT2D eigenvalue weighted by atomic mass is 9.92. The Balaban J connectivity index is 1.75. The number of likely N-dealkylation sites (tertiary alicyclic amines) is 1. The van der Waals surface area contributed by atoms with Gasteiger partial charge in [-0.25, -0.2) is 4.98 Å². The van der Waals surface area contributed by atoms with Crippen LogP contribution in [0.25, 0.3) is 0 Å². The fourth-order valence-corrected chi connectivity index (χ4v) is 3.31. The van der Waals surface area contributed by atoms with E-state index in [4.69, 9.17) is 0 Å². The summed E-state index contributed by atoms with van der Waals surface area (Å²) in [6.45, 7) is 4.35. The van der Waals surface area contributed by atoms with Crippen molar-refractivity contribution in [3.05, 3.63) is 45.9 Å². The lowest BCUT2D eigenvalue weighted by molar-refractivity contribution is 0.213. The first-order valence-corrected chi connectivity index (χ1v) is 8.00. The summed E-state index contributed by atoms with van der Waals surface area (Å²) in [4.78, 5) is 21.2. The molecule has 1 saturated heterocycles. The van der Waals surface area contributed by atoms with Gasteiger partial charge in [0.2, 0.25) is 0 Å². The van der Waals surface area contributed by atoms with Gasteiger partial charge in [0.15, 0.2) is 0 Å². The summed E-state index contributed by atoms with van der Waals surface area (Å²) < 4.78 is 1.79. The fourth-order valence-electron chi connectivity index (χ4n) is 3.31. The average Bonchev–Trinajstić information content (AvgIpc) is 3.12. The van der Waals surface area contributed by atoms with Crippen LogP contribution in [0.2, 0.25) is 0 Å². The van der Waals surface area contributed by atoms with E-state index in [-0.39, 0.29) is 24.0 Å². The number of aromatic nitrogens is 4. The number of hydrogen-bond acceptors (Lipinski definition) is 5. The Labute approximate surface area is 135 Å². The van der Waals surface area contributed by atoms with Crippen LogP contribution in [0.3, 0.4) is 0 Å². The molecule has 23 heavy (non-hydrogen) atoms. The molecule has 0 unspecified atom stereocenters. The number of H-pyrrole nitrogens is 1. The zero-order valence-electron chi connectivity index (χ0n) is 13.6. The molecular formula is C16H23N5O2. The van der Waals surface area contributed by atoms with Crippen LogP contribution in [0.5, 0.6) is 0 Å². The maximum atomic E-state index is 11.7. The van der Waals surface area contributed by atoms with Crippen LogP contribution in [0, 0.1) is 5.92 Å². The predicted molar refractivity (Wildman–Crippen MR) is 86.0 cm³/mol. The lowest BCUT2D eigenvalue weighted by Crippen LogP contribution is -2.24. The van der Waals surface area contributed by atoms with E-state index in [0.717, 1.165) is 30.8 Å². The molecular weight excluding hydrogens is 294 g/mol. The van der Waals surface area contributed by atoms with Gasteiger partial charge < -0.3 is 10.1 Å². The molecule has 1 aliphatic rings. The Morgan fingerprint density at radius 2 is 2.26 bits per heavy atom. The minimum Gasteiger partial charge on any atom is -0.396 e. The van der Waals surface area contributed by atoms with Crippen molar-refractivity contribution in [2.24, 2.45) is 13.0 Å². The Hall–Kier alpha value is -1.99. The van der Waals surface area contributed by atoms with Crippen LogP contribution in [-0.4, -0.2) is 49.5 Å². The third-order valence-electron chi connectivity index (χ3n) is 4.48. The zero-order valence-corrected chi connectivity index (χ0v) is 13.6. The van der Waals surface area contributed by atoms with Gasteiger partial charge in [-0.2, -0.15) is 5.10 Å². The van der Waals surface area contributed by atoms with Crippen molar-refractivity contribution in [3.8, 4) is 0 Å². The molecule has 0 radical (unpaired) electrons. The summed E-state index contributed by atoms with van der Waals surface area (Å²) >= 11 is 0. The molecule has 0 aliphatic carbocycles. The monoisotopic (exact) mass is 317 g/mol. The van der Waals surface area contributed by atoms with Crippen LogP contribution in [-0.2, 0) is 20.0 Å². The predicted octanol–water partition coefficient (Wildman–Crippen LogP) is 0.274. The van der Waals surface area contributed by atoms with Crippen molar-refractivity contribution in [3.63, 3.8) is 0 Å². The molecule has 2 aromatic heterocycles. The van der Waals surface area contributed by atoms with Gasteiger partial charge in [0.05, 0.1) is 12.7 Å². The van der Waals surface area contributed by atoms with Gasteiger partial charge in [-0.1, -0.05) is 6.92 Å². The highest BCUT2D eigenvalue weighted by atomic mass is 16.3. The van der Waals surface area contributed by atoms with Gasteiger partial charge in [0.1, 0.15) is 5.82 Å². The van der Waals surface area contributed by atoms with Gasteiger partial charge in [0, 0.05) is 56.5 Å². The van der Waals surface area contributed by atoms with Crippen molar-refractivity contribution in [2.75, 3.05) is 19.7 Å². The number of aliphatic hydroxyl groups excluding tert-OH is 1. The van der Waals surface area contributed by atoms with Gasteiger partial charge in [-0.15, -0.1) is 0 Å². The van der Waals surface area contributed by atoms with Crippen LogP contribution in [0.1, 0.15) is 29.9 Å². The highest BCUT2D eigenvalue weighted by molar-refractivity contribution is 5.16. The molecule has 2 aromatic rings. The molecule has 0 bridgehead atoms. The number of aryl methyl sites for hydroxylation is 2. The maximum Gasteiger partial charge on any atom is 0.251 e. The highest BCUT2D eigenvalue weighted by Crippen LogP contribution is 2.32. The Morgan fingerprint density at radius 1 is 1.43 bits per heavy atom. The molecule has 2 atom stereocenters. The van der Waals surface area contributed by atoms with Gasteiger partial charge in [0.25, 0.3) is 5.56 Å². The second kappa shape index (κ2) is 6.64. The van der Waals surface area contributed by atoms with Crippen molar-refractivity contribution in [1.82, 2.24) is 24.6 Å². The van der Waals surface area contributed by atoms with Crippen molar-refractivity contribution in [2.45, 2.75) is 25.8 Å². The first-order valence-electron chi connectivity index (χ1n) is 8.00. The molecule has 0 spiro atoms. The summed E-state index contributed by atoms with van der Waals surface area (Å²) in [7, 11) is 1.90. The van der Waals surface area contributed by atoms with Crippen molar-refractivity contribution in [1.29, 1.82) is 0 Å². The molecule has 3 rings (SSSR count). The number of nitrogens with one attached hydrogen (secondary N) is 1. The van der Waals surface area contributed by atoms with E-state index < -0.39 is 0 Å². The van der Waals surface area contributed by atoms with E-state index >= 15 is 0 Å². The number of aliphatic hydroxyl groups is 1. The second-order valence-corrected chi connectivity index (χ2v) is 6.23. The van der Waals surface area contributed by atoms with E-state index in [0.29, 0.717) is 12.4 Å². The molecule has 0 amide bonds. The first-order chi connectivity index (χ1) is 11.1. The SMILES string of the molecule is CCc1cc(=O)[nH]c(CN2C[C@@H](CO)[C@H](c3cnn(C)c3)C2)n1. The zero-order chi connectivity index (χ0) is 16.4. The average molecular weight is 317 g/mol. The normalized spacial score (nSPS) is 21.9. The van der Waals surface area contributed by atoms with Crippen LogP contribution >= 0.6 is 0 Å². The standard InChI is InChI=1S/C16H23N5O2/c1-3-13-4-16(23)19-15(18-13)9-21-7-12(10-22)14(8-21)11-5-17-20(2)6-11/h4-6,12,14,22H,3,7-10H2,1-2H3,(H,18,19,23)/t12-,14-/m0/s1. The minimum atomic E-state index is -0.103. The molecule has 2 N–H and O–H groups in total. The van der Waals surface area contributed by atoms with Gasteiger partial charge >= 0.3 is 0 Å². The van der Waals surface area contributed by atoms with Gasteiger partial charge in [-0.05, 0) is 12.0 Å². The summed E-state index contributed by atoms with van der Waals surface area (Å²) in [5.41, 5.74) is 1.86. The number of hydrogen-bond donors (Lipinski definition) is 2. The molecule has 1 aliphatic heterocycles. The molecule has 7 heteroatoms. The van der Waals surface area contributed by atoms with E-state index in [1.54, 1.807) is 10.7 Å². The topological polar surface area (TPSA) is 87.0 Å². The van der Waals surface area contributed by atoms with E-state index in [2.05, 4.69) is 20.0 Å². The summed E-state index contributed by atoms with van der Waals surface area (Å²) in [5, 5.41) is 13.9.